The molecule has 0 spiro atoms. The number of Topliss-reactive ketones (excluding diaryl/α,β-unsaturated/α-hetero) is 1. The summed E-state index contributed by atoms with van der Waals surface area (Å²) in [6.07, 6.45) is 2.15. The van der Waals surface area contributed by atoms with Gasteiger partial charge in [-0.05, 0) is 37.6 Å². The van der Waals surface area contributed by atoms with Crippen LogP contribution in [0.4, 0.5) is 5.69 Å². The molecule has 1 aliphatic rings. The summed E-state index contributed by atoms with van der Waals surface area (Å²) in [6.45, 7) is 2.43. The van der Waals surface area contributed by atoms with Crippen LogP contribution in [0.25, 0.3) is 11.1 Å². The van der Waals surface area contributed by atoms with E-state index in [1.807, 2.05) is 84.9 Å². The fraction of sp³-hybridized carbons (Fsp3) is 0.259. The topological polar surface area (TPSA) is 49.4 Å². The number of nitrogens with one attached hydrogen (secondary N) is 1. The Balaban J connectivity index is 1.27. The van der Waals surface area contributed by atoms with Crippen molar-refractivity contribution >= 4 is 17.4 Å². The van der Waals surface area contributed by atoms with E-state index in [0.29, 0.717) is 13.0 Å². The Labute approximate surface area is 183 Å². The average Bonchev–Trinajstić information content (AvgIpc) is 2.84. The lowest BCUT2D eigenvalue weighted by atomic mass is 9.89. The lowest BCUT2D eigenvalue weighted by molar-refractivity contribution is -0.116. The molecule has 0 bridgehead atoms. The summed E-state index contributed by atoms with van der Waals surface area (Å²) in [7, 11) is 0. The number of amides is 1. The number of piperidine rings is 1. The second-order valence-corrected chi connectivity index (χ2v) is 8.06. The molecule has 1 heterocycles. The van der Waals surface area contributed by atoms with E-state index in [9.17, 15) is 9.59 Å². The van der Waals surface area contributed by atoms with Crippen LogP contribution in [-0.4, -0.2) is 36.2 Å². The van der Waals surface area contributed by atoms with E-state index in [2.05, 4.69) is 10.2 Å². The van der Waals surface area contributed by atoms with Gasteiger partial charge in [0.1, 0.15) is 0 Å². The molecule has 1 N–H and O–H groups in total. The summed E-state index contributed by atoms with van der Waals surface area (Å²) in [5, 5.41) is 3.08. The third kappa shape index (κ3) is 5.47. The van der Waals surface area contributed by atoms with Gasteiger partial charge in [-0.2, -0.15) is 0 Å². The molecule has 0 atom stereocenters. The van der Waals surface area contributed by atoms with Crippen LogP contribution in [0, 0.1) is 5.92 Å². The van der Waals surface area contributed by atoms with Crippen molar-refractivity contribution in [3.63, 3.8) is 0 Å². The lowest BCUT2D eigenvalue weighted by Crippen LogP contribution is -2.38. The molecule has 0 aliphatic carbocycles. The van der Waals surface area contributed by atoms with Crippen LogP contribution in [0.1, 0.15) is 29.6 Å². The minimum absolute atomic E-state index is 0.0193. The van der Waals surface area contributed by atoms with Crippen molar-refractivity contribution < 1.29 is 9.59 Å². The minimum Gasteiger partial charge on any atom is -0.325 e. The molecular weight excluding hydrogens is 384 g/mol. The first-order valence-electron chi connectivity index (χ1n) is 11.0. The maximum absolute atomic E-state index is 12.6. The van der Waals surface area contributed by atoms with E-state index < -0.39 is 0 Å². The van der Waals surface area contributed by atoms with Crippen LogP contribution >= 0.6 is 0 Å². The number of nitrogens with zero attached hydrogens (tertiary/aromatic N) is 1. The number of rotatable bonds is 7. The normalized spacial score (nSPS) is 14.8. The molecule has 158 valence electrons. The second-order valence-electron chi connectivity index (χ2n) is 8.06. The van der Waals surface area contributed by atoms with Gasteiger partial charge in [-0.25, -0.2) is 0 Å². The summed E-state index contributed by atoms with van der Waals surface area (Å²) < 4.78 is 0. The number of hydrogen-bond acceptors (Lipinski definition) is 3. The first-order chi connectivity index (χ1) is 15.2. The van der Waals surface area contributed by atoms with E-state index in [4.69, 9.17) is 0 Å². The summed E-state index contributed by atoms with van der Waals surface area (Å²) in [6, 6.07) is 27.5. The Kier molecular flexibility index (Phi) is 6.90. The largest absolute Gasteiger partial charge is 0.325 e. The Morgan fingerprint density at radius 3 is 2.13 bits per heavy atom. The molecule has 1 amide bonds. The molecule has 4 nitrogen and oxygen atoms in total. The van der Waals surface area contributed by atoms with Crippen LogP contribution in [0.15, 0.2) is 84.9 Å². The van der Waals surface area contributed by atoms with Gasteiger partial charge in [0, 0.05) is 35.7 Å². The van der Waals surface area contributed by atoms with Crippen molar-refractivity contribution in [2.24, 2.45) is 5.92 Å². The van der Waals surface area contributed by atoms with E-state index in [1.54, 1.807) is 0 Å². The zero-order valence-corrected chi connectivity index (χ0v) is 17.7. The summed E-state index contributed by atoms with van der Waals surface area (Å²) in [5.41, 5.74) is 3.75. The van der Waals surface area contributed by atoms with E-state index >= 15 is 0 Å². The van der Waals surface area contributed by atoms with Crippen LogP contribution in [0.5, 0.6) is 0 Å². The zero-order valence-electron chi connectivity index (χ0n) is 17.7. The quantitative estimate of drug-likeness (QED) is 0.537. The number of anilines is 1. The van der Waals surface area contributed by atoms with Gasteiger partial charge < -0.3 is 10.2 Å². The van der Waals surface area contributed by atoms with E-state index in [1.165, 1.54) is 0 Å². The standard InChI is InChI=1S/C27H28N2O2/c30-26(28-25-14-8-7-13-24(25)21-9-3-1-4-10-21)17-20-29-18-15-23(16-19-29)27(31)22-11-5-2-6-12-22/h1-14,23H,15-20H2,(H,28,30). The molecule has 3 aromatic rings. The van der Waals surface area contributed by atoms with Crippen LogP contribution in [-0.2, 0) is 4.79 Å². The van der Waals surface area contributed by atoms with Gasteiger partial charge in [0.25, 0.3) is 0 Å². The van der Waals surface area contributed by atoms with Crippen LogP contribution in [0.3, 0.4) is 0 Å². The maximum atomic E-state index is 12.6. The molecule has 1 fully saturated rings. The lowest BCUT2D eigenvalue weighted by Gasteiger charge is -2.31. The Bertz CT molecular complexity index is 1010. The smallest absolute Gasteiger partial charge is 0.225 e. The van der Waals surface area contributed by atoms with Gasteiger partial charge in [-0.1, -0.05) is 78.9 Å². The van der Waals surface area contributed by atoms with Gasteiger partial charge in [0.05, 0.1) is 0 Å². The fourth-order valence-electron chi connectivity index (χ4n) is 4.19. The number of carbonyl (C=O) groups is 2. The fourth-order valence-corrected chi connectivity index (χ4v) is 4.19. The number of ketones is 1. The van der Waals surface area contributed by atoms with Gasteiger partial charge in [0.2, 0.25) is 5.91 Å². The number of carbonyl (C=O) groups excluding carboxylic acids is 2. The highest BCUT2D eigenvalue weighted by atomic mass is 16.1. The highest BCUT2D eigenvalue weighted by molar-refractivity contribution is 5.98. The molecule has 3 aromatic carbocycles. The molecule has 0 aromatic heterocycles. The Morgan fingerprint density at radius 2 is 1.42 bits per heavy atom. The Hall–Kier alpha value is -3.24. The van der Waals surface area contributed by atoms with Crippen molar-refractivity contribution in [2.75, 3.05) is 25.0 Å². The average molecular weight is 413 g/mol. The van der Waals surface area contributed by atoms with Crippen molar-refractivity contribution in [1.82, 2.24) is 4.90 Å². The zero-order chi connectivity index (χ0) is 21.5. The monoisotopic (exact) mass is 412 g/mol. The summed E-state index contributed by atoms with van der Waals surface area (Å²) in [4.78, 5) is 27.5. The van der Waals surface area contributed by atoms with Crippen LogP contribution in [0.2, 0.25) is 0 Å². The predicted octanol–water partition coefficient (Wildman–Crippen LogP) is 5.28. The van der Waals surface area contributed by atoms with Gasteiger partial charge in [-0.3, -0.25) is 9.59 Å². The number of likely N-dealkylation sites (tertiary alicyclic amines) is 1. The molecule has 1 saturated heterocycles. The molecule has 1 aliphatic heterocycles. The van der Waals surface area contributed by atoms with Gasteiger partial charge >= 0.3 is 0 Å². The van der Waals surface area contributed by atoms with Crippen molar-refractivity contribution in [3.8, 4) is 11.1 Å². The van der Waals surface area contributed by atoms with Crippen LogP contribution < -0.4 is 5.32 Å². The third-order valence-corrected chi connectivity index (χ3v) is 5.96. The first-order valence-corrected chi connectivity index (χ1v) is 11.0. The number of hydrogen-bond donors (Lipinski definition) is 1. The highest BCUT2D eigenvalue weighted by Gasteiger charge is 2.25. The second kappa shape index (κ2) is 10.2. The Morgan fingerprint density at radius 1 is 0.806 bits per heavy atom. The SMILES string of the molecule is O=C(CCN1CCC(C(=O)c2ccccc2)CC1)Nc1ccccc1-c1ccccc1. The highest BCUT2D eigenvalue weighted by Crippen LogP contribution is 2.28. The molecule has 4 rings (SSSR count). The van der Waals surface area contributed by atoms with Gasteiger partial charge in [-0.15, -0.1) is 0 Å². The number of para-hydroxylation sites is 1. The molecule has 0 saturated carbocycles. The molecule has 0 radical (unpaired) electrons. The van der Waals surface area contributed by atoms with E-state index in [-0.39, 0.29) is 17.6 Å². The molecule has 31 heavy (non-hydrogen) atoms. The number of benzene rings is 3. The van der Waals surface area contributed by atoms with E-state index in [0.717, 1.165) is 48.3 Å². The maximum Gasteiger partial charge on any atom is 0.225 e. The first kappa shape index (κ1) is 21.0. The van der Waals surface area contributed by atoms with Crippen molar-refractivity contribution in [3.05, 3.63) is 90.5 Å². The molecule has 0 unspecified atom stereocenters. The third-order valence-electron chi connectivity index (χ3n) is 5.96. The molecular formula is C27H28N2O2. The predicted molar refractivity (Wildman–Crippen MR) is 125 cm³/mol. The summed E-state index contributed by atoms with van der Waals surface area (Å²) in [5.74, 6) is 0.353. The van der Waals surface area contributed by atoms with Gasteiger partial charge in [0.15, 0.2) is 5.78 Å². The van der Waals surface area contributed by atoms with Crippen molar-refractivity contribution in [1.29, 1.82) is 0 Å². The minimum atomic E-state index is 0.0193. The molecule has 4 heteroatoms. The summed E-state index contributed by atoms with van der Waals surface area (Å²) >= 11 is 0. The van der Waals surface area contributed by atoms with Crippen molar-refractivity contribution in [2.45, 2.75) is 19.3 Å².